The topological polar surface area (TPSA) is 128 Å². The summed E-state index contributed by atoms with van der Waals surface area (Å²) < 4.78 is 17.1. The van der Waals surface area contributed by atoms with E-state index in [1.54, 1.807) is 26.2 Å². The van der Waals surface area contributed by atoms with Gasteiger partial charge in [0.05, 0.1) is 42.8 Å². The third-order valence-electron chi connectivity index (χ3n) is 7.90. The van der Waals surface area contributed by atoms with E-state index in [0.29, 0.717) is 29.1 Å². The lowest BCUT2D eigenvalue weighted by molar-refractivity contribution is -0.148. The summed E-state index contributed by atoms with van der Waals surface area (Å²) in [5.74, 6) is -2.23. The molecule has 5 rings (SSSR count). The first-order valence-electron chi connectivity index (χ1n) is 14.1. The number of thiazole rings is 1. The molecular formula is C31H35N3O7S. The number of carbonyl (C=O) groups is 3. The Morgan fingerprint density at radius 3 is 2.55 bits per heavy atom. The molecule has 5 unspecified atom stereocenters. The molecule has 1 aromatic carbocycles. The summed E-state index contributed by atoms with van der Waals surface area (Å²) >= 11 is 1.49. The van der Waals surface area contributed by atoms with Crippen molar-refractivity contribution in [2.24, 2.45) is 17.8 Å². The second-order valence-electron chi connectivity index (χ2n) is 11.0. The SMILES string of the molecule is C=CC1CC1N(C(=O)OCC)C(=O)C1CC(Oc2cc(-c3nc(C(C)C)cs3)nc3cc(OC)ccc23)CC1C(=O)O. The number of aromatic nitrogens is 2. The lowest BCUT2D eigenvalue weighted by Crippen LogP contribution is -2.45. The number of ether oxygens (including phenoxy) is 3. The minimum Gasteiger partial charge on any atom is -0.497 e. The van der Waals surface area contributed by atoms with Gasteiger partial charge in [0.15, 0.2) is 0 Å². The molecule has 2 fully saturated rings. The van der Waals surface area contributed by atoms with Crippen LogP contribution in [0.2, 0.25) is 0 Å². The van der Waals surface area contributed by atoms with Gasteiger partial charge in [-0.05, 0) is 50.2 Å². The van der Waals surface area contributed by atoms with Crippen molar-refractivity contribution >= 4 is 40.2 Å². The van der Waals surface area contributed by atoms with Crippen molar-refractivity contribution in [1.29, 1.82) is 0 Å². The van der Waals surface area contributed by atoms with Gasteiger partial charge in [-0.1, -0.05) is 19.9 Å². The van der Waals surface area contributed by atoms with E-state index in [4.69, 9.17) is 24.2 Å². The molecule has 222 valence electrons. The highest BCUT2D eigenvalue weighted by Gasteiger charge is 2.52. The number of hydrogen-bond donors (Lipinski definition) is 1. The molecule has 11 heteroatoms. The van der Waals surface area contributed by atoms with Crippen LogP contribution < -0.4 is 9.47 Å². The maximum atomic E-state index is 13.7. The molecule has 0 radical (unpaired) electrons. The Labute approximate surface area is 248 Å². The number of rotatable bonds is 10. The summed E-state index contributed by atoms with van der Waals surface area (Å²) in [4.78, 5) is 49.5. The van der Waals surface area contributed by atoms with E-state index in [9.17, 15) is 19.5 Å². The maximum Gasteiger partial charge on any atom is 0.416 e. The molecule has 0 spiro atoms. The highest BCUT2D eigenvalue weighted by molar-refractivity contribution is 7.13. The zero-order chi connectivity index (χ0) is 30.1. The van der Waals surface area contributed by atoms with E-state index in [-0.39, 0.29) is 37.3 Å². The quantitative estimate of drug-likeness (QED) is 0.285. The summed E-state index contributed by atoms with van der Waals surface area (Å²) in [5, 5.41) is 13.5. The van der Waals surface area contributed by atoms with E-state index in [2.05, 4.69) is 20.4 Å². The molecule has 5 atom stereocenters. The number of fused-ring (bicyclic) bond motifs is 1. The number of aliphatic carboxylic acids is 1. The Hall–Kier alpha value is -3.99. The van der Waals surface area contributed by atoms with Gasteiger partial charge in [-0.15, -0.1) is 17.9 Å². The van der Waals surface area contributed by atoms with Crippen molar-refractivity contribution in [3.8, 4) is 22.2 Å². The Morgan fingerprint density at radius 2 is 1.93 bits per heavy atom. The normalized spacial score (nSPS) is 23.0. The van der Waals surface area contributed by atoms with Crippen molar-refractivity contribution in [2.45, 2.75) is 58.1 Å². The van der Waals surface area contributed by atoms with Crippen LogP contribution in [0.25, 0.3) is 21.6 Å². The van der Waals surface area contributed by atoms with E-state index in [0.717, 1.165) is 21.0 Å². The van der Waals surface area contributed by atoms with Gasteiger partial charge < -0.3 is 19.3 Å². The third-order valence-corrected chi connectivity index (χ3v) is 8.78. The van der Waals surface area contributed by atoms with Gasteiger partial charge >= 0.3 is 12.1 Å². The van der Waals surface area contributed by atoms with Crippen LogP contribution in [-0.4, -0.2) is 63.8 Å². The molecule has 0 bridgehead atoms. The van der Waals surface area contributed by atoms with Gasteiger partial charge in [0.2, 0.25) is 5.91 Å². The molecular weight excluding hydrogens is 558 g/mol. The zero-order valence-corrected chi connectivity index (χ0v) is 24.9. The lowest BCUT2D eigenvalue weighted by atomic mass is 9.94. The molecule has 0 saturated heterocycles. The number of methoxy groups -OCH3 is 1. The molecule has 2 aliphatic rings. The highest BCUT2D eigenvalue weighted by atomic mass is 32.1. The van der Waals surface area contributed by atoms with Gasteiger partial charge in [0.1, 0.15) is 28.3 Å². The maximum absolute atomic E-state index is 13.7. The fourth-order valence-electron chi connectivity index (χ4n) is 5.50. The predicted molar refractivity (Wildman–Crippen MR) is 158 cm³/mol. The van der Waals surface area contributed by atoms with Crippen molar-refractivity contribution in [3.63, 3.8) is 0 Å². The number of carbonyl (C=O) groups excluding carboxylic acids is 2. The summed E-state index contributed by atoms with van der Waals surface area (Å²) in [7, 11) is 1.58. The minimum atomic E-state index is -1.10. The molecule has 42 heavy (non-hydrogen) atoms. The van der Waals surface area contributed by atoms with Crippen LogP contribution in [0.4, 0.5) is 4.79 Å². The van der Waals surface area contributed by atoms with Gasteiger partial charge in [-0.2, -0.15) is 0 Å². The second kappa shape index (κ2) is 12.1. The molecule has 3 aromatic rings. The summed E-state index contributed by atoms with van der Waals surface area (Å²) in [6.45, 7) is 9.69. The molecule has 2 aromatic heterocycles. The first-order chi connectivity index (χ1) is 20.1. The first kappa shape index (κ1) is 29.5. The standard InChI is InChI=1S/C31H35N3O7S/c1-6-17-10-26(17)34(31(38)40-7-2)29(35)21-11-19(12-22(21)30(36)37)41-27-14-24(28-33-25(15-42-28)16(3)4)32-23-13-18(39-5)8-9-20(23)27/h6,8-9,13-17,19,21-22,26H,1,7,10-12H2,2-5H3,(H,36,37). The fourth-order valence-corrected chi connectivity index (χ4v) is 6.44. The average molecular weight is 594 g/mol. The summed E-state index contributed by atoms with van der Waals surface area (Å²) in [6.07, 6.45) is 1.20. The second-order valence-corrected chi connectivity index (χ2v) is 11.9. The molecule has 1 N–H and O–H groups in total. The summed E-state index contributed by atoms with van der Waals surface area (Å²) in [6, 6.07) is 6.90. The van der Waals surface area contributed by atoms with E-state index in [1.165, 1.54) is 11.3 Å². The Bertz CT molecular complexity index is 1520. The van der Waals surface area contributed by atoms with E-state index < -0.39 is 35.9 Å². The van der Waals surface area contributed by atoms with Gasteiger partial charge in [0, 0.05) is 22.9 Å². The van der Waals surface area contributed by atoms with E-state index >= 15 is 0 Å². The lowest BCUT2D eigenvalue weighted by Gasteiger charge is -2.25. The summed E-state index contributed by atoms with van der Waals surface area (Å²) in [5.41, 5.74) is 2.23. The smallest absolute Gasteiger partial charge is 0.416 e. The third kappa shape index (κ3) is 5.83. The van der Waals surface area contributed by atoms with Crippen LogP contribution in [0.3, 0.4) is 0 Å². The number of nitrogens with zero attached hydrogens (tertiary/aromatic N) is 3. The van der Waals surface area contributed by atoms with Gasteiger partial charge in [0.25, 0.3) is 0 Å². The van der Waals surface area contributed by atoms with Crippen molar-refractivity contribution in [2.75, 3.05) is 13.7 Å². The molecule has 10 nitrogen and oxygen atoms in total. The fraction of sp³-hybridized carbons (Fsp3) is 0.452. The number of amides is 2. The van der Waals surface area contributed by atoms with Crippen molar-refractivity contribution < 1.29 is 33.7 Å². The molecule has 2 heterocycles. The largest absolute Gasteiger partial charge is 0.497 e. The van der Waals surface area contributed by atoms with E-state index in [1.807, 2.05) is 23.6 Å². The van der Waals surface area contributed by atoms with Crippen LogP contribution in [0.1, 0.15) is 51.6 Å². The Kier molecular flexibility index (Phi) is 8.49. The molecule has 2 amide bonds. The van der Waals surface area contributed by atoms with Crippen LogP contribution in [0, 0.1) is 17.8 Å². The Balaban J connectivity index is 1.46. The van der Waals surface area contributed by atoms with Crippen LogP contribution in [0.5, 0.6) is 11.5 Å². The number of imide groups is 1. The predicted octanol–water partition coefficient (Wildman–Crippen LogP) is 5.91. The first-order valence-corrected chi connectivity index (χ1v) is 15.0. The number of carboxylic acids is 1. The number of hydrogen-bond acceptors (Lipinski definition) is 9. The van der Waals surface area contributed by atoms with Crippen molar-refractivity contribution in [3.05, 3.63) is 48.0 Å². The van der Waals surface area contributed by atoms with Crippen LogP contribution >= 0.6 is 11.3 Å². The molecule has 0 aliphatic heterocycles. The number of carboxylic acid groups (broad SMARTS) is 1. The van der Waals surface area contributed by atoms with Crippen LogP contribution in [0.15, 0.2) is 42.3 Å². The van der Waals surface area contributed by atoms with Gasteiger partial charge in [-0.25, -0.2) is 19.7 Å². The number of benzene rings is 1. The monoisotopic (exact) mass is 593 g/mol. The zero-order valence-electron chi connectivity index (χ0n) is 24.1. The van der Waals surface area contributed by atoms with Crippen LogP contribution in [-0.2, 0) is 14.3 Å². The number of pyridine rings is 1. The Morgan fingerprint density at radius 1 is 1.17 bits per heavy atom. The molecule has 2 saturated carbocycles. The average Bonchev–Trinajstić information content (AvgIpc) is 3.34. The minimum absolute atomic E-state index is 0.0317. The van der Waals surface area contributed by atoms with Gasteiger partial charge in [-0.3, -0.25) is 9.59 Å². The van der Waals surface area contributed by atoms with Crippen molar-refractivity contribution in [1.82, 2.24) is 14.9 Å². The highest BCUT2D eigenvalue weighted by Crippen LogP contribution is 2.43. The molecule has 2 aliphatic carbocycles.